The predicted octanol–water partition coefficient (Wildman–Crippen LogP) is 5.28. The maximum Gasteiger partial charge on any atom is 0.314 e. The van der Waals surface area contributed by atoms with Crippen LogP contribution in [0.15, 0.2) is 0 Å². The minimum absolute atomic E-state index is 0.0215. The second-order valence-corrected chi connectivity index (χ2v) is 15.7. The third kappa shape index (κ3) is 3.42. The summed E-state index contributed by atoms with van der Waals surface area (Å²) in [4.78, 5) is 27.2. The monoisotopic (exact) mass is 518 g/mol. The molecule has 6 heteroatoms. The Hall–Kier alpha value is -1.14. The highest BCUT2D eigenvalue weighted by Crippen LogP contribution is 2.74. The molecule has 4 aliphatic carbocycles. The van der Waals surface area contributed by atoms with Gasteiger partial charge in [0.15, 0.2) is 0 Å². The summed E-state index contributed by atoms with van der Waals surface area (Å²) in [6, 6.07) is 0. The molecule has 0 aromatic heterocycles. The fourth-order valence-corrected chi connectivity index (χ4v) is 10.9. The number of hydrogen-bond acceptors (Lipinski definition) is 6. The Morgan fingerprint density at radius 3 is 2.19 bits per heavy atom. The summed E-state index contributed by atoms with van der Waals surface area (Å²) < 4.78 is 11.8. The molecule has 1 heterocycles. The standard InChI is InChI=1S/C31H50O6/c1-26(2)13-14-31(25(35)36-8)18(16-26)24-30(7,17-22(31)33)29(6)12-9-19-27(3,4)21(32)10-11-28(19,5)20(29)15-23(34)37-24/h18-22,24,32-33H,9-17H2,1-8H3/t18-,19-,20+,21-,22+,24+,28-,29+,30+,31+/m0/s1. The molecule has 4 saturated carbocycles. The molecule has 0 aromatic carbocycles. The van der Waals surface area contributed by atoms with Crippen molar-refractivity contribution in [2.75, 3.05) is 7.11 Å². The van der Waals surface area contributed by atoms with Gasteiger partial charge in [0, 0.05) is 17.8 Å². The fraction of sp³-hybridized carbons (Fsp3) is 0.935. The van der Waals surface area contributed by atoms with Crippen LogP contribution in [0, 0.1) is 50.2 Å². The van der Waals surface area contributed by atoms with E-state index in [1.165, 1.54) is 7.11 Å². The van der Waals surface area contributed by atoms with Gasteiger partial charge in [0.1, 0.15) is 11.5 Å². The summed E-state index contributed by atoms with van der Waals surface area (Å²) in [5.74, 6) is -0.418. The van der Waals surface area contributed by atoms with Crippen molar-refractivity contribution in [3.8, 4) is 0 Å². The Bertz CT molecular complexity index is 973. The molecule has 10 atom stereocenters. The molecule has 37 heavy (non-hydrogen) atoms. The quantitative estimate of drug-likeness (QED) is 0.459. The lowest BCUT2D eigenvalue weighted by Crippen LogP contribution is -2.69. The maximum absolute atomic E-state index is 13.7. The van der Waals surface area contributed by atoms with Gasteiger partial charge in [-0.2, -0.15) is 0 Å². The third-order valence-corrected chi connectivity index (χ3v) is 13.4. The van der Waals surface area contributed by atoms with E-state index in [-0.39, 0.29) is 51.5 Å². The second-order valence-electron chi connectivity index (χ2n) is 15.7. The largest absolute Gasteiger partial charge is 0.469 e. The van der Waals surface area contributed by atoms with E-state index in [9.17, 15) is 19.8 Å². The molecule has 1 saturated heterocycles. The van der Waals surface area contributed by atoms with Crippen LogP contribution in [0.25, 0.3) is 0 Å². The van der Waals surface area contributed by atoms with Gasteiger partial charge in [-0.3, -0.25) is 9.59 Å². The summed E-state index contributed by atoms with van der Waals surface area (Å²) in [5.41, 5.74) is -2.12. The first-order valence-electron chi connectivity index (χ1n) is 14.6. The van der Waals surface area contributed by atoms with Crippen molar-refractivity contribution in [3.63, 3.8) is 0 Å². The van der Waals surface area contributed by atoms with E-state index in [2.05, 4.69) is 48.5 Å². The van der Waals surface area contributed by atoms with E-state index in [0.29, 0.717) is 31.6 Å². The van der Waals surface area contributed by atoms with E-state index in [0.717, 1.165) is 32.1 Å². The average Bonchev–Trinajstić information content (AvgIpc) is 2.89. The molecule has 5 aliphatic rings. The Morgan fingerprint density at radius 1 is 0.865 bits per heavy atom. The Kier molecular flexibility index (Phi) is 6.07. The van der Waals surface area contributed by atoms with Crippen molar-refractivity contribution in [3.05, 3.63) is 0 Å². The number of esters is 2. The van der Waals surface area contributed by atoms with Crippen LogP contribution in [-0.4, -0.2) is 47.6 Å². The van der Waals surface area contributed by atoms with E-state index in [1.54, 1.807) is 0 Å². The number of methoxy groups -OCH3 is 1. The van der Waals surface area contributed by atoms with Crippen molar-refractivity contribution in [1.82, 2.24) is 0 Å². The van der Waals surface area contributed by atoms with Crippen LogP contribution in [0.5, 0.6) is 0 Å². The number of fused-ring (bicyclic) bond motifs is 7. The molecule has 210 valence electrons. The average molecular weight is 519 g/mol. The summed E-state index contributed by atoms with van der Waals surface area (Å²) in [7, 11) is 1.41. The summed E-state index contributed by atoms with van der Waals surface area (Å²) in [5, 5.41) is 22.9. The molecule has 5 rings (SSSR count). The van der Waals surface area contributed by atoms with Crippen LogP contribution in [0.4, 0.5) is 0 Å². The van der Waals surface area contributed by atoms with Crippen molar-refractivity contribution in [1.29, 1.82) is 0 Å². The van der Waals surface area contributed by atoms with Crippen LogP contribution in [0.2, 0.25) is 0 Å². The summed E-state index contributed by atoms with van der Waals surface area (Å²) in [6.07, 6.45) is 4.79. The van der Waals surface area contributed by atoms with Gasteiger partial charge in [-0.25, -0.2) is 0 Å². The first-order chi connectivity index (χ1) is 17.0. The van der Waals surface area contributed by atoms with Gasteiger partial charge >= 0.3 is 11.9 Å². The lowest BCUT2D eigenvalue weighted by molar-refractivity contribution is -0.259. The number of carbonyl (C=O) groups is 2. The molecule has 1 aliphatic heterocycles. The highest BCUT2D eigenvalue weighted by molar-refractivity contribution is 5.79. The normalized spacial score (nSPS) is 52.3. The number of carbonyl (C=O) groups excluding carboxylic acids is 2. The molecular weight excluding hydrogens is 468 g/mol. The van der Waals surface area contributed by atoms with E-state index in [4.69, 9.17) is 9.47 Å². The van der Waals surface area contributed by atoms with Crippen LogP contribution in [-0.2, 0) is 19.1 Å². The van der Waals surface area contributed by atoms with E-state index in [1.807, 2.05) is 0 Å². The van der Waals surface area contributed by atoms with Crippen LogP contribution >= 0.6 is 0 Å². The van der Waals surface area contributed by atoms with Gasteiger partial charge in [0.25, 0.3) is 0 Å². The van der Waals surface area contributed by atoms with Crippen molar-refractivity contribution < 1.29 is 29.3 Å². The van der Waals surface area contributed by atoms with Gasteiger partial charge in [-0.05, 0) is 84.9 Å². The van der Waals surface area contributed by atoms with E-state index < -0.39 is 23.0 Å². The SMILES string of the molecule is COC(=O)[C@]12CCC(C)(C)C[C@H]1[C@H]1OC(=O)C[C@@H]3[C@@]4(C)CC[C@H](O)C(C)(C)[C@@H]4CC[C@@]3(C)[C@]1(C)C[C@H]2O. The molecule has 0 spiro atoms. The zero-order valence-electron chi connectivity index (χ0n) is 24.4. The molecule has 5 fully saturated rings. The van der Waals surface area contributed by atoms with Gasteiger partial charge in [0.05, 0.1) is 19.3 Å². The van der Waals surface area contributed by atoms with Gasteiger partial charge in [-0.1, -0.05) is 48.5 Å². The smallest absolute Gasteiger partial charge is 0.314 e. The predicted molar refractivity (Wildman–Crippen MR) is 140 cm³/mol. The molecule has 0 aromatic rings. The first kappa shape index (κ1) is 27.4. The number of ether oxygens (including phenoxy) is 2. The van der Waals surface area contributed by atoms with Gasteiger partial charge < -0.3 is 19.7 Å². The zero-order chi connectivity index (χ0) is 27.4. The lowest BCUT2D eigenvalue weighted by Gasteiger charge is -2.69. The molecular formula is C31H50O6. The molecule has 0 radical (unpaired) electrons. The number of hydrogen-bond donors (Lipinski definition) is 2. The lowest BCUT2D eigenvalue weighted by atomic mass is 9.35. The highest BCUT2D eigenvalue weighted by atomic mass is 16.5. The number of rotatable bonds is 1. The van der Waals surface area contributed by atoms with Crippen molar-refractivity contribution in [2.24, 2.45) is 50.2 Å². The zero-order valence-corrected chi connectivity index (χ0v) is 24.4. The van der Waals surface area contributed by atoms with Crippen molar-refractivity contribution in [2.45, 2.75) is 125 Å². The molecule has 0 unspecified atom stereocenters. The van der Waals surface area contributed by atoms with Crippen LogP contribution in [0.1, 0.15) is 106 Å². The molecule has 6 nitrogen and oxygen atoms in total. The minimum atomic E-state index is -1.04. The Labute approximate surface area is 223 Å². The third-order valence-electron chi connectivity index (χ3n) is 13.4. The van der Waals surface area contributed by atoms with E-state index >= 15 is 0 Å². The van der Waals surface area contributed by atoms with Crippen LogP contribution in [0.3, 0.4) is 0 Å². The fourth-order valence-electron chi connectivity index (χ4n) is 10.9. The minimum Gasteiger partial charge on any atom is -0.469 e. The first-order valence-corrected chi connectivity index (χ1v) is 14.6. The van der Waals surface area contributed by atoms with Crippen LogP contribution < -0.4 is 0 Å². The van der Waals surface area contributed by atoms with Gasteiger partial charge in [-0.15, -0.1) is 0 Å². The molecule has 0 bridgehead atoms. The second kappa shape index (κ2) is 8.19. The maximum atomic E-state index is 13.7. The van der Waals surface area contributed by atoms with Crippen molar-refractivity contribution >= 4 is 11.9 Å². The summed E-state index contributed by atoms with van der Waals surface area (Å²) >= 11 is 0. The summed E-state index contributed by atoms with van der Waals surface area (Å²) in [6.45, 7) is 15.8. The highest BCUT2D eigenvalue weighted by Gasteiger charge is 2.74. The Morgan fingerprint density at radius 2 is 1.54 bits per heavy atom. The Balaban J connectivity index is 1.65. The topological polar surface area (TPSA) is 93.1 Å². The number of aliphatic hydroxyl groups excluding tert-OH is 2. The van der Waals surface area contributed by atoms with Gasteiger partial charge in [0.2, 0.25) is 0 Å². The molecule has 0 amide bonds. The molecule has 2 N–H and O–H groups in total. The number of aliphatic hydroxyl groups is 2.